The maximum Gasteiger partial charge on any atom is 0.280 e. The van der Waals surface area contributed by atoms with Crippen molar-refractivity contribution in [3.05, 3.63) is 59.4 Å². The molecule has 0 atom stereocenters. The Labute approximate surface area is 141 Å². The predicted octanol–water partition coefficient (Wildman–Crippen LogP) is 2.00. The highest BCUT2D eigenvalue weighted by atomic mass is 16.5. The van der Waals surface area contributed by atoms with Crippen LogP contribution < -0.4 is 15.8 Å². The number of nitrogens with two attached hydrogens (primary N) is 1. The summed E-state index contributed by atoms with van der Waals surface area (Å²) in [5, 5.41) is 2.21. The number of amides is 2. The number of imide groups is 1. The van der Waals surface area contributed by atoms with Gasteiger partial charge in [0, 0.05) is 11.8 Å². The third kappa shape index (κ3) is 4.39. The highest BCUT2D eigenvalue weighted by molar-refractivity contribution is 6.05. The molecule has 0 aliphatic carbocycles. The Balaban J connectivity index is 2.31. The fraction of sp³-hybridized carbons (Fsp3) is 0.278. The third-order valence-electron chi connectivity index (χ3n) is 3.44. The lowest BCUT2D eigenvalue weighted by Gasteiger charge is -2.17. The molecule has 2 aromatic rings. The van der Waals surface area contributed by atoms with Gasteiger partial charge in [-0.1, -0.05) is 44.2 Å². The molecule has 0 aliphatic rings. The number of nitrogens with zero attached hydrogens (tertiary/aromatic N) is 1. The number of benzene rings is 1. The molecule has 0 saturated carbocycles. The molecule has 0 spiro atoms. The second-order valence-corrected chi connectivity index (χ2v) is 5.59. The molecule has 24 heavy (non-hydrogen) atoms. The molecule has 0 radical (unpaired) electrons. The number of nitrogens with one attached hydrogen (secondary N) is 1. The summed E-state index contributed by atoms with van der Waals surface area (Å²) in [6.07, 6.45) is 1.53. The SMILES string of the molecule is CC(C)c1ccnc(C(=O)NC(=O)CN)c1OCc1ccccc1. The van der Waals surface area contributed by atoms with E-state index in [9.17, 15) is 9.59 Å². The number of aromatic nitrogens is 1. The second kappa shape index (κ2) is 8.21. The van der Waals surface area contributed by atoms with Crippen molar-refractivity contribution >= 4 is 11.8 Å². The number of pyridine rings is 1. The monoisotopic (exact) mass is 327 g/mol. The Hall–Kier alpha value is -2.73. The molecular weight excluding hydrogens is 306 g/mol. The molecule has 0 aliphatic heterocycles. The molecule has 6 heteroatoms. The van der Waals surface area contributed by atoms with Gasteiger partial charge < -0.3 is 10.5 Å². The van der Waals surface area contributed by atoms with Crippen LogP contribution in [0.3, 0.4) is 0 Å². The van der Waals surface area contributed by atoms with Crippen molar-refractivity contribution in [2.24, 2.45) is 5.73 Å². The Kier molecular flexibility index (Phi) is 6.03. The highest BCUT2D eigenvalue weighted by Crippen LogP contribution is 2.29. The van der Waals surface area contributed by atoms with Gasteiger partial charge in [0.25, 0.3) is 5.91 Å². The Bertz CT molecular complexity index is 715. The minimum Gasteiger partial charge on any atom is -0.486 e. The molecule has 2 rings (SSSR count). The van der Waals surface area contributed by atoms with E-state index in [4.69, 9.17) is 10.5 Å². The lowest BCUT2D eigenvalue weighted by Crippen LogP contribution is -2.36. The van der Waals surface area contributed by atoms with E-state index >= 15 is 0 Å². The van der Waals surface area contributed by atoms with E-state index in [1.54, 1.807) is 0 Å². The van der Waals surface area contributed by atoms with Crippen LogP contribution >= 0.6 is 0 Å². The van der Waals surface area contributed by atoms with Gasteiger partial charge in [-0.25, -0.2) is 4.98 Å². The summed E-state index contributed by atoms with van der Waals surface area (Å²) in [5.74, 6) is -0.657. The molecule has 1 heterocycles. The molecule has 0 bridgehead atoms. The van der Waals surface area contributed by atoms with Crippen LogP contribution in [0.15, 0.2) is 42.6 Å². The van der Waals surface area contributed by atoms with Crippen molar-refractivity contribution in [1.29, 1.82) is 0 Å². The molecule has 126 valence electrons. The molecule has 0 unspecified atom stereocenters. The van der Waals surface area contributed by atoms with Crippen LogP contribution in [0.25, 0.3) is 0 Å². The van der Waals surface area contributed by atoms with Gasteiger partial charge in [0.2, 0.25) is 5.91 Å². The van der Waals surface area contributed by atoms with Gasteiger partial charge in [0.05, 0.1) is 6.54 Å². The Morgan fingerprint density at radius 1 is 1.21 bits per heavy atom. The molecule has 3 N–H and O–H groups in total. The zero-order chi connectivity index (χ0) is 17.5. The van der Waals surface area contributed by atoms with Crippen molar-refractivity contribution in [3.8, 4) is 5.75 Å². The maximum atomic E-state index is 12.3. The highest BCUT2D eigenvalue weighted by Gasteiger charge is 2.21. The van der Waals surface area contributed by atoms with Crippen molar-refractivity contribution in [2.75, 3.05) is 6.54 Å². The van der Waals surface area contributed by atoms with Crippen molar-refractivity contribution in [1.82, 2.24) is 10.3 Å². The Morgan fingerprint density at radius 3 is 2.54 bits per heavy atom. The maximum absolute atomic E-state index is 12.3. The van der Waals surface area contributed by atoms with Crippen molar-refractivity contribution in [2.45, 2.75) is 26.4 Å². The normalized spacial score (nSPS) is 10.5. The fourth-order valence-corrected chi connectivity index (χ4v) is 2.20. The average Bonchev–Trinajstić information content (AvgIpc) is 2.60. The van der Waals surface area contributed by atoms with Crippen LogP contribution in [0.4, 0.5) is 0 Å². The zero-order valence-corrected chi connectivity index (χ0v) is 13.8. The first-order valence-electron chi connectivity index (χ1n) is 7.72. The van der Waals surface area contributed by atoms with Crippen LogP contribution in [-0.2, 0) is 11.4 Å². The van der Waals surface area contributed by atoms with Crippen LogP contribution in [-0.4, -0.2) is 23.3 Å². The smallest absolute Gasteiger partial charge is 0.280 e. The third-order valence-corrected chi connectivity index (χ3v) is 3.44. The summed E-state index contributed by atoms with van der Waals surface area (Å²) < 4.78 is 5.89. The molecule has 0 saturated heterocycles. The van der Waals surface area contributed by atoms with E-state index in [2.05, 4.69) is 10.3 Å². The van der Waals surface area contributed by atoms with Gasteiger partial charge in [-0.05, 0) is 17.5 Å². The molecule has 0 fully saturated rings. The largest absolute Gasteiger partial charge is 0.486 e. The second-order valence-electron chi connectivity index (χ2n) is 5.59. The van der Waals surface area contributed by atoms with Gasteiger partial charge in [-0.3, -0.25) is 14.9 Å². The summed E-state index contributed by atoms with van der Waals surface area (Å²) in [4.78, 5) is 27.8. The molecule has 6 nitrogen and oxygen atoms in total. The fourth-order valence-electron chi connectivity index (χ4n) is 2.20. The summed E-state index contributed by atoms with van der Waals surface area (Å²) in [6, 6.07) is 11.4. The number of carbonyl (C=O) groups is 2. The van der Waals surface area contributed by atoms with E-state index in [1.165, 1.54) is 6.20 Å². The van der Waals surface area contributed by atoms with E-state index in [0.717, 1.165) is 11.1 Å². The first-order chi connectivity index (χ1) is 11.5. The number of carbonyl (C=O) groups excluding carboxylic acids is 2. The minimum absolute atomic E-state index is 0.0823. The van der Waals surface area contributed by atoms with E-state index in [0.29, 0.717) is 12.4 Å². The standard InChI is InChI=1S/C18H21N3O3/c1-12(2)14-8-9-20-16(18(23)21-15(22)10-19)17(14)24-11-13-6-4-3-5-7-13/h3-9,12H,10-11,19H2,1-2H3,(H,21,22,23). The van der Waals surface area contributed by atoms with Gasteiger partial charge in [-0.2, -0.15) is 0 Å². The van der Waals surface area contributed by atoms with Gasteiger partial charge in [0.1, 0.15) is 6.61 Å². The van der Waals surface area contributed by atoms with E-state index in [-0.39, 0.29) is 18.2 Å². The first kappa shape index (κ1) is 17.6. The lowest BCUT2D eigenvalue weighted by molar-refractivity contribution is -0.118. The van der Waals surface area contributed by atoms with Crippen molar-refractivity contribution < 1.29 is 14.3 Å². The molecular formula is C18H21N3O3. The first-order valence-corrected chi connectivity index (χ1v) is 7.72. The average molecular weight is 327 g/mol. The van der Waals surface area contributed by atoms with Gasteiger partial charge >= 0.3 is 0 Å². The van der Waals surface area contributed by atoms with Gasteiger partial charge in [-0.15, -0.1) is 0 Å². The summed E-state index contributed by atoms with van der Waals surface area (Å²) in [7, 11) is 0. The van der Waals surface area contributed by atoms with E-state index in [1.807, 2.05) is 50.2 Å². The lowest BCUT2D eigenvalue weighted by atomic mass is 10.0. The number of rotatable bonds is 6. The van der Waals surface area contributed by atoms with Gasteiger partial charge in [0.15, 0.2) is 11.4 Å². The van der Waals surface area contributed by atoms with Crippen LogP contribution in [0.5, 0.6) is 5.75 Å². The number of ether oxygens (including phenoxy) is 1. The zero-order valence-electron chi connectivity index (χ0n) is 13.8. The Morgan fingerprint density at radius 2 is 1.92 bits per heavy atom. The number of hydrogen-bond donors (Lipinski definition) is 2. The van der Waals surface area contributed by atoms with Crippen LogP contribution in [0, 0.1) is 0 Å². The summed E-state index contributed by atoms with van der Waals surface area (Å²) >= 11 is 0. The molecule has 1 aromatic heterocycles. The minimum atomic E-state index is -0.615. The topological polar surface area (TPSA) is 94.3 Å². The molecule has 2 amide bonds. The van der Waals surface area contributed by atoms with Crippen molar-refractivity contribution in [3.63, 3.8) is 0 Å². The number of hydrogen-bond acceptors (Lipinski definition) is 5. The van der Waals surface area contributed by atoms with E-state index < -0.39 is 11.8 Å². The van der Waals surface area contributed by atoms with Crippen LogP contribution in [0.2, 0.25) is 0 Å². The quantitative estimate of drug-likeness (QED) is 0.846. The summed E-state index contributed by atoms with van der Waals surface area (Å²) in [6.45, 7) is 4.03. The molecule has 1 aromatic carbocycles. The van der Waals surface area contributed by atoms with Crippen LogP contribution in [0.1, 0.15) is 41.4 Å². The summed E-state index contributed by atoms with van der Waals surface area (Å²) in [5.41, 5.74) is 7.14. The predicted molar refractivity (Wildman–Crippen MR) is 90.6 cm³/mol.